The molecule has 3 aromatic rings. The summed E-state index contributed by atoms with van der Waals surface area (Å²) in [5, 5.41) is 3.01. The maximum atomic E-state index is 12.5. The molecule has 1 aromatic heterocycles. The number of methoxy groups -OCH3 is 1. The standard InChI is InChI=1S/C20H19N3O5/c1-27-20(26)14-7-8-16-17(11-14)22-13-23(19(16)25)12-18(24)21-9-10-28-15-5-3-2-4-6-15/h2-8,11,13H,9-10,12H2,1H3,(H,21,24). The Labute approximate surface area is 160 Å². The fourth-order valence-electron chi connectivity index (χ4n) is 2.60. The molecule has 1 amide bonds. The second-order valence-electron chi connectivity index (χ2n) is 5.91. The molecule has 8 heteroatoms. The summed E-state index contributed by atoms with van der Waals surface area (Å²) in [6.07, 6.45) is 1.28. The summed E-state index contributed by atoms with van der Waals surface area (Å²) in [4.78, 5) is 40.3. The topological polar surface area (TPSA) is 99.5 Å². The van der Waals surface area contributed by atoms with E-state index in [-0.39, 0.29) is 18.0 Å². The maximum Gasteiger partial charge on any atom is 0.337 e. The second-order valence-corrected chi connectivity index (χ2v) is 5.91. The van der Waals surface area contributed by atoms with Crippen LogP contribution in [0, 0.1) is 0 Å². The van der Waals surface area contributed by atoms with Crippen LogP contribution in [-0.4, -0.2) is 41.7 Å². The number of carbonyl (C=O) groups is 2. The molecular formula is C20H19N3O5. The molecule has 0 atom stereocenters. The lowest BCUT2D eigenvalue weighted by Gasteiger charge is -2.09. The summed E-state index contributed by atoms with van der Waals surface area (Å²) in [5.41, 5.74) is 0.300. The van der Waals surface area contributed by atoms with Gasteiger partial charge in [0.15, 0.2) is 0 Å². The third kappa shape index (κ3) is 4.53. The number of hydrogen-bond acceptors (Lipinski definition) is 6. The highest BCUT2D eigenvalue weighted by molar-refractivity contribution is 5.94. The largest absolute Gasteiger partial charge is 0.492 e. The minimum Gasteiger partial charge on any atom is -0.492 e. The molecule has 2 aromatic carbocycles. The van der Waals surface area contributed by atoms with Crippen molar-refractivity contribution >= 4 is 22.8 Å². The number of para-hydroxylation sites is 1. The molecule has 0 fully saturated rings. The lowest BCUT2D eigenvalue weighted by molar-refractivity contribution is -0.121. The molecule has 1 heterocycles. The van der Waals surface area contributed by atoms with Gasteiger partial charge < -0.3 is 14.8 Å². The molecule has 8 nitrogen and oxygen atoms in total. The van der Waals surface area contributed by atoms with Crippen molar-refractivity contribution < 1.29 is 19.1 Å². The fourth-order valence-corrected chi connectivity index (χ4v) is 2.60. The zero-order valence-electron chi connectivity index (χ0n) is 15.3. The predicted molar refractivity (Wildman–Crippen MR) is 102 cm³/mol. The van der Waals surface area contributed by atoms with E-state index in [0.717, 1.165) is 5.75 Å². The van der Waals surface area contributed by atoms with E-state index in [0.29, 0.717) is 29.6 Å². The monoisotopic (exact) mass is 381 g/mol. The van der Waals surface area contributed by atoms with Crippen molar-refractivity contribution in [3.8, 4) is 5.75 Å². The highest BCUT2D eigenvalue weighted by Crippen LogP contribution is 2.11. The van der Waals surface area contributed by atoms with Crippen LogP contribution in [0.4, 0.5) is 0 Å². The van der Waals surface area contributed by atoms with Gasteiger partial charge in [-0.1, -0.05) is 18.2 Å². The predicted octanol–water partition coefficient (Wildman–Crippen LogP) is 1.38. The Morgan fingerprint density at radius 1 is 1.14 bits per heavy atom. The van der Waals surface area contributed by atoms with Crippen LogP contribution in [0.1, 0.15) is 10.4 Å². The summed E-state index contributed by atoms with van der Waals surface area (Å²) < 4.78 is 11.4. The Hall–Kier alpha value is -3.68. The summed E-state index contributed by atoms with van der Waals surface area (Å²) in [6, 6.07) is 13.7. The molecule has 0 saturated heterocycles. The Bertz CT molecular complexity index is 1050. The van der Waals surface area contributed by atoms with Crippen LogP contribution in [0.3, 0.4) is 0 Å². The number of nitrogens with one attached hydrogen (secondary N) is 1. The van der Waals surface area contributed by atoms with E-state index in [4.69, 9.17) is 4.74 Å². The molecule has 0 bridgehead atoms. The van der Waals surface area contributed by atoms with Crippen LogP contribution in [0.2, 0.25) is 0 Å². The van der Waals surface area contributed by atoms with E-state index in [1.165, 1.54) is 36.2 Å². The van der Waals surface area contributed by atoms with Crippen molar-refractivity contribution in [3.63, 3.8) is 0 Å². The molecule has 0 unspecified atom stereocenters. The molecule has 0 saturated carbocycles. The van der Waals surface area contributed by atoms with Crippen LogP contribution < -0.4 is 15.6 Å². The zero-order chi connectivity index (χ0) is 19.9. The van der Waals surface area contributed by atoms with Crippen molar-refractivity contribution in [2.24, 2.45) is 0 Å². The van der Waals surface area contributed by atoms with Gasteiger partial charge >= 0.3 is 5.97 Å². The number of aromatic nitrogens is 2. The van der Waals surface area contributed by atoms with Gasteiger partial charge in [-0.15, -0.1) is 0 Å². The summed E-state index contributed by atoms with van der Waals surface area (Å²) >= 11 is 0. The quantitative estimate of drug-likeness (QED) is 0.490. The number of hydrogen-bond donors (Lipinski definition) is 1. The van der Waals surface area contributed by atoms with Crippen molar-refractivity contribution in [1.29, 1.82) is 0 Å². The molecular weight excluding hydrogens is 362 g/mol. The molecule has 0 aliphatic rings. The fraction of sp³-hybridized carbons (Fsp3) is 0.200. The van der Waals surface area contributed by atoms with Gasteiger partial charge in [-0.05, 0) is 30.3 Å². The third-order valence-electron chi connectivity index (χ3n) is 4.00. The van der Waals surface area contributed by atoms with Crippen molar-refractivity contribution in [1.82, 2.24) is 14.9 Å². The third-order valence-corrected chi connectivity index (χ3v) is 4.00. The number of esters is 1. The normalized spacial score (nSPS) is 10.5. The van der Waals surface area contributed by atoms with Gasteiger partial charge in [-0.3, -0.25) is 14.2 Å². The van der Waals surface area contributed by atoms with Gasteiger partial charge in [-0.2, -0.15) is 0 Å². The molecule has 28 heavy (non-hydrogen) atoms. The number of benzene rings is 2. The van der Waals surface area contributed by atoms with Gasteiger partial charge in [0.1, 0.15) is 18.9 Å². The summed E-state index contributed by atoms with van der Waals surface area (Å²) in [7, 11) is 1.28. The Kier molecular flexibility index (Phi) is 6.01. The Morgan fingerprint density at radius 3 is 2.68 bits per heavy atom. The van der Waals surface area contributed by atoms with Crippen LogP contribution >= 0.6 is 0 Å². The molecule has 144 valence electrons. The van der Waals surface area contributed by atoms with Gasteiger partial charge in [0.2, 0.25) is 5.91 Å². The summed E-state index contributed by atoms with van der Waals surface area (Å²) in [5.74, 6) is -0.117. The first-order valence-corrected chi connectivity index (χ1v) is 8.60. The number of fused-ring (bicyclic) bond motifs is 1. The van der Waals surface area contributed by atoms with Crippen LogP contribution in [-0.2, 0) is 16.1 Å². The maximum absolute atomic E-state index is 12.5. The number of amides is 1. The molecule has 0 spiro atoms. The van der Waals surface area contributed by atoms with E-state index < -0.39 is 5.97 Å². The van der Waals surface area contributed by atoms with Crippen LogP contribution in [0.25, 0.3) is 10.9 Å². The zero-order valence-corrected chi connectivity index (χ0v) is 15.3. The van der Waals surface area contributed by atoms with E-state index in [9.17, 15) is 14.4 Å². The molecule has 3 rings (SSSR count). The lowest BCUT2D eigenvalue weighted by atomic mass is 10.1. The van der Waals surface area contributed by atoms with Crippen LogP contribution in [0.5, 0.6) is 5.75 Å². The van der Waals surface area contributed by atoms with Crippen LogP contribution in [0.15, 0.2) is 59.7 Å². The number of nitrogens with zero attached hydrogens (tertiary/aromatic N) is 2. The molecule has 0 radical (unpaired) electrons. The van der Waals surface area contributed by atoms with Crippen molar-refractivity contribution in [2.75, 3.05) is 20.3 Å². The first-order valence-electron chi connectivity index (χ1n) is 8.60. The highest BCUT2D eigenvalue weighted by atomic mass is 16.5. The minimum absolute atomic E-state index is 0.161. The second kappa shape index (κ2) is 8.81. The average Bonchev–Trinajstić information content (AvgIpc) is 2.73. The van der Waals surface area contributed by atoms with Gasteiger partial charge in [0.25, 0.3) is 5.56 Å². The number of carbonyl (C=O) groups excluding carboxylic acids is 2. The minimum atomic E-state index is -0.509. The number of ether oxygens (including phenoxy) is 2. The Morgan fingerprint density at radius 2 is 1.93 bits per heavy atom. The first-order chi connectivity index (χ1) is 13.6. The number of rotatable bonds is 7. The first kappa shape index (κ1) is 19.1. The van der Waals surface area contributed by atoms with Crippen molar-refractivity contribution in [3.05, 3.63) is 70.8 Å². The molecule has 1 N–H and O–H groups in total. The van der Waals surface area contributed by atoms with Gasteiger partial charge in [-0.25, -0.2) is 9.78 Å². The average molecular weight is 381 g/mol. The Balaban J connectivity index is 1.60. The molecule has 0 aliphatic heterocycles. The lowest BCUT2D eigenvalue weighted by Crippen LogP contribution is -2.34. The van der Waals surface area contributed by atoms with Gasteiger partial charge in [0.05, 0.1) is 36.4 Å². The SMILES string of the molecule is COC(=O)c1ccc2c(=O)n(CC(=O)NCCOc3ccccc3)cnc2c1. The van der Waals surface area contributed by atoms with Crippen molar-refractivity contribution in [2.45, 2.75) is 6.54 Å². The molecule has 0 aliphatic carbocycles. The van der Waals surface area contributed by atoms with E-state index in [2.05, 4.69) is 15.0 Å². The van der Waals surface area contributed by atoms with E-state index >= 15 is 0 Å². The van der Waals surface area contributed by atoms with E-state index in [1.54, 1.807) is 0 Å². The highest BCUT2D eigenvalue weighted by Gasteiger charge is 2.11. The smallest absolute Gasteiger partial charge is 0.337 e. The summed E-state index contributed by atoms with van der Waals surface area (Å²) in [6.45, 7) is 0.467. The van der Waals surface area contributed by atoms with E-state index in [1.807, 2.05) is 30.3 Å². The van der Waals surface area contributed by atoms with Gasteiger partial charge in [0, 0.05) is 0 Å².